The third-order valence-electron chi connectivity index (χ3n) is 3.15. The van der Waals surface area contributed by atoms with Crippen LogP contribution in [0, 0.1) is 0 Å². The van der Waals surface area contributed by atoms with E-state index in [-0.39, 0.29) is 18.9 Å². The summed E-state index contributed by atoms with van der Waals surface area (Å²) in [5, 5.41) is 22.2. The van der Waals surface area contributed by atoms with Crippen LogP contribution in [0.15, 0.2) is 6.33 Å². The summed E-state index contributed by atoms with van der Waals surface area (Å²) in [6.45, 7) is 0.00830. The van der Waals surface area contributed by atoms with Crippen molar-refractivity contribution in [2.45, 2.75) is 44.2 Å². The Hall–Kier alpha value is -1.99. The summed E-state index contributed by atoms with van der Waals surface area (Å²) < 4.78 is 1.30. The van der Waals surface area contributed by atoms with Gasteiger partial charge in [0.15, 0.2) is 0 Å². The van der Waals surface area contributed by atoms with Gasteiger partial charge in [-0.05, 0) is 23.3 Å². The summed E-state index contributed by atoms with van der Waals surface area (Å²) in [6.07, 6.45) is 4.62. The number of aliphatic carboxylic acids is 1. The second-order valence-corrected chi connectivity index (χ2v) is 4.61. The Balaban J connectivity index is 1.96. The number of nitrogens with one attached hydrogen (secondary N) is 1. The first-order chi connectivity index (χ1) is 8.60. The molecule has 2 N–H and O–H groups in total. The highest BCUT2D eigenvalue weighted by Gasteiger charge is 2.37. The van der Waals surface area contributed by atoms with Gasteiger partial charge in [-0.15, -0.1) is 5.10 Å². The molecule has 0 spiro atoms. The quantitative estimate of drug-likeness (QED) is 0.737. The first-order valence-corrected chi connectivity index (χ1v) is 5.83. The van der Waals surface area contributed by atoms with E-state index in [1.54, 1.807) is 0 Å². The maximum Gasteiger partial charge on any atom is 0.305 e. The van der Waals surface area contributed by atoms with Gasteiger partial charge in [0.25, 0.3) is 0 Å². The van der Waals surface area contributed by atoms with Gasteiger partial charge in [0.1, 0.15) is 12.9 Å². The smallest absolute Gasteiger partial charge is 0.305 e. The van der Waals surface area contributed by atoms with E-state index < -0.39 is 11.5 Å². The van der Waals surface area contributed by atoms with E-state index in [4.69, 9.17) is 5.11 Å². The predicted octanol–water partition coefficient (Wildman–Crippen LogP) is -0.423. The molecular weight excluding hydrogens is 238 g/mol. The Morgan fingerprint density at radius 1 is 1.39 bits per heavy atom. The minimum Gasteiger partial charge on any atom is -0.481 e. The predicted molar refractivity (Wildman–Crippen MR) is 59.4 cm³/mol. The molecule has 0 aromatic carbocycles. The van der Waals surface area contributed by atoms with Crippen molar-refractivity contribution in [3.05, 3.63) is 6.33 Å². The molecule has 1 fully saturated rings. The first kappa shape index (κ1) is 12.5. The number of tetrazole rings is 1. The molecule has 8 heteroatoms. The topological polar surface area (TPSA) is 110 Å². The van der Waals surface area contributed by atoms with Crippen molar-refractivity contribution in [1.82, 2.24) is 25.5 Å². The normalized spacial score (nSPS) is 17.6. The Morgan fingerprint density at radius 3 is 2.67 bits per heavy atom. The van der Waals surface area contributed by atoms with Crippen molar-refractivity contribution in [2.75, 3.05) is 0 Å². The maximum atomic E-state index is 11.8. The second-order valence-electron chi connectivity index (χ2n) is 4.61. The molecule has 0 saturated heterocycles. The molecule has 0 aliphatic heterocycles. The number of hydrogen-bond donors (Lipinski definition) is 2. The van der Waals surface area contributed by atoms with Crippen molar-refractivity contribution in [3.8, 4) is 0 Å². The van der Waals surface area contributed by atoms with Gasteiger partial charge < -0.3 is 10.4 Å². The van der Waals surface area contributed by atoms with Gasteiger partial charge in [-0.25, -0.2) is 4.68 Å². The lowest BCUT2D eigenvalue weighted by atomic mass is 9.93. The monoisotopic (exact) mass is 253 g/mol. The van der Waals surface area contributed by atoms with Crippen LogP contribution in [0.5, 0.6) is 0 Å². The molecule has 18 heavy (non-hydrogen) atoms. The number of carboxylic acid groups (broad SMARTS) is 1. The molecule has 0 unspecified atom stereocenters. The molecule has 1 amide bonds. The van der Waals surface area contributed by atoms with E-state index in [9.17, 15) is 9.59 Å². The summed E-state index contributed by atoms with van der Waals surface area (Å²) in [5.74, 6) is -1.15. The number of nitrogens with zero attached hydrogens (tertiary/aromatic N) is 4. The molecule has 1 aliphatic rings. The van der Waals surface area contributed by atoms with Gasteiger partial charge in [0, 0.05) is 0 Å². The van der Waals surface area contributed by atoms with Crippen molar-refractivity contribution >= 4 is 11.9 Å². The minimum atomic E-state index is -0.889. The lowest BCUT2D eigenvalue weighted by Crippen LogP contribution is -2.48. The minimum absolute atomic E-state index is 0.00830. The van der Waals surface area contributed by atoms with Gasteiger partial charge in [0.05, 0.1) is 12.0 Å². The van der Waals surface area contributed by atoms with Crippen LogP contribution < -0.4 is 5.32 Å². The van der Waals surface area contributed by atoms with Gasteiger partial charge in [-0.1, -0.05) is 12.8 Å². The second kappa shape index (κ2) is 5.11. The fourth-order valence-electron chi connectivity index (χ4n) is 2.42. The Kier molecular flexibility index (Phi) is 3.54. The number of carboxylic acids is 1. The lowest BCUT2D eigenvalue weighted by Gasteiger charge is -2.28. The zero-order valence-electron chi connectivity index (χ0n) is 9.87. The average molecular weight is 253 g/mol. The number of hydrogen-bond acceptors (Lipinski definition) is 5. The van der Waals surface area contributed by atoms with Crippen LogP contribution >= 0.6 is 0 Å². The highest BCUT2D eigenvalue weighted by molar-refractivity contribution is 5.78. The largest absolute Gasteiger partial charge is 0.481 e. The summed E-state index contributed by atoms with van der Waals surface area (Å²) in [6, 6.07) is 0. The van der Waals surface area contributed by atoms with E-state index in [1.165, 1.54) is 11.0 Å². The van der Waals surface area contributed by atoms with Crippen molar-refractivity contribution in [2.24, 2.45) is 0 Å². The van der Waals surface area contributed by atoms with Crippen LogP contribution in [0.25, 0.3) is 0 Å². The average Bonchev–Trinajstić information content (AvgIpc) is 2.89. The Morgan fingerprint density at radius 2 is 2.11 bits per heavy atom. The van der Waals surface area contributed by atoms with Crippen LogP contribution in [0.3, 0.4) is 0 Å². The lowest BCUT2D eigenvalue weighted by molar-refractivity contribution is -0.139. The molecule has 98 valence electrons. The summed E-state index contributed by atoms with van der Waals surface area (Å²) in [5.41, 5.74) is -0.600. The van der Waals surface area contributed by atoms with Crippen LogP contribution in [-0.2, 0) is 16.1 Å². The van der Waals surface area contributed by atoms with Crippen LogP contribution in [0.2, 0.25) is 0 Å². The van der Waals surface area contributed by atoms with E-state index in [0.29, 0.717) is 12.8 Å². The highest BCUT2D eigenvalue weighted by atomic mass is 16.4. The number of aromatic nitrogens is 4. The number of carbonyl (C=O) groups is 2. The van der Waals surface area contributed by atoms with Gasteiger partial charge in [0.2, 0.25) is 5.91 Å². The number of amides is 1. The number of carbonyl (C=O) groups excluding carboxylic acids is 1. The molecule has 2 rings (SSSR count). The molecule has 1 saturated carbocycles. The first-order valence-electron chi connectivity index (χ1n) is 5.83. The third kappa shape index (κ3) is 3.02. The van der Waals surface area contributed by atoms with E-state index in [0.717, 1.165) is 12.8 Å². The van der Waals surface area contributed by atoms with E-state index in [1.807, 2.05) is 0 Å². The van der Waals surface area contributed by atoms with E-state index >= 15 is 0 Å². The number of rotatable bonds is 5. The van der Waals surface area contributed by atoms with Gasteiger partial charge in [-0.3, -0.25) is 9.59 Å². The van der Waals surface area contributed by atoms with Crippen LogP contribution in [0.4, 0.5) is 0 Å². The summed E-state index contributed by atoms with van der Waals surface area (Å²) >= 11 is 0. The van der Waals surface area contributed by atoms with Crippen molar-refractivity contribution in [1.29, 1.82) is 0 Å². The Labute approximate surface area is 103 Å². The molecule has 8 nitrogen and oxygen atoms in total. The van der Waals surface area contributed by atoms with Crippen LogP contribution in [-0.4, -0.2) is 42.7 Å². The third-order valence-corrected chi connectivity index (χ3v) is 3.15. The molecule has 1 aliphatic carbocycles. The molecule has 0 bridgehead atoms. The summed E-state index contributed by atoms with van der Waals surface area (Å²) in [4.78, 5) is 22.7. The molecule has 1 aromatic heterocycles. The molecule has 1 aromatic rings. The SMILES string of the molecule is O=C(O)CC1(NC(=O)Cn2cnnn2)CCCC1. The van der Waals surface area contributed by atoms with E-state index in [2.05, 4.69) is 20.8 Å². The molecular formula is C10H15N5O3. The van der Waals surface area contributed by atoms with Crippen molar-refractivity contribution in [3.63, 3.8) is 0 Å². The fourth-order valence-corrected chi connectivity index (χ4v) is 2.42. The zero-order chi connectivity index (χ0) is 13.0. The van der Waals surface area contributed by atoms with Crippen LogP contribution in [0.1, 0.15) is 32.1 Å². The maximum absolute atomic E-state index is 11.8. The standard InChI is InChI=1S/C10H15N5O3/c16-8(6-15-7-11-13-14-15)12-10(5-9(17)18)3-1-2-4-10/h7H,1-6H2,(H,12,16)(H,17,18). The van der Waals surface area contributed by atoms with Crippen molar-refractivity contribution < 1.29 is 14.7 Å². The highest BCUT2D eigenvalue weighted by Crippen LogP contribution is 2.32. The molecule has 0 radical (unpaired) electrons. The Bertz CT molecular complexity index is 425. The molecule has 0 atom stereocenters. The summed E-state index contributed by atoms with van der Waals surface area (Å²) in [7, 11) is 0. The zero-order valence-corrected chi connectivity index (χ0v) is 9.87. The fraction of sp³-hybridized carbons (Fsp3) is 0.700. The van der Waals surface area contributed by atoms with Gasteiger partial charge in [-0.2, -0.15) is 0 Å². The molecule has 1 heterocycles. The van der Waals surface area contributed by atoms with Gasteiger partial charge >= 0.3 is 5.97 Å².